The second kappa shape index (κ2) is 12.4. The van der Waals surface area contributed by atoms with Gasteiger partial charge in [0.25, 0.3) is 15.9 Å². The summed E-state index contributed by atoms with van der Waals surface area (Å²) < 4.78 is 27.1. The first-order valence-corrected chi connectivity index (χ1v) is 15.4. The molecule has 0 spiro atoms. The number of sulfonamides is 1. The second-order valence-electron chi connectivity index (χ2n) is 10.1. The van der Waals surface area contributed by atoms with Crippen molar-refractivity contribution in [2.75, 3.05) is 13.1 Å². The molecule has 1 saturated carbocycles. The van der Waals surface area contributed by atoms with E-state index in [1.807, 2.05) is 6.92 Å². The topological polar surface area (TPSA) is 138 Å². The summed E-state index contributed by atoms with van der Waals surface area (Å²) in [4.78, 5) is 48.4. The number of nitrogens with zero attached hydrogens (tertiary/aromatic N) is 3. The fourth-order valence-electron chi connectivity index (χ4n) is 5.21. The van der Waals surface area contributed by atoms with E-state index >= 15 is 0 Å². The number of Topliss-reactive ketones (excluding diaryl/α,β-unsaturated/α-hetero) is 1. The van der Waals surface area contributed by atoms with Crippen LogP contribution < -0.4 is 10.6 Å². The zero-order chi connectivity index (χ0) is 27.3. The Bertz CT molecular complexity index is 1260. The average molecular weight is 562 g/mol. The summed E-state index contributed by atoms with van der Waals surface area (Å²) in [5, 5.41) is 6.40. The maximum absolute atomic E-state index is 13.5. The van der Waals surface area contributed by atoms with Crippen LogP contribution in [0.2, 0.25) is 0 Å². The van der Waals surface area contributed by atoms with Gasteiger partial charge < -0.3 is 10.6 Å². The minimum absolute atomic E-state index is 0.112. The van der Waals surface area contributed by atoms with E-state index in [-0.39, 0.29) is 29.8 Å². The van der Waals surface area contributed by atoms with Crippen molar-refractivity contribution in [1.82, 2.24) is 24.9 Å². The van der Waals surface area contributed by atoms with E-state index in [4.69, 9.17) is 0 Å². The predicted molar refractivity (Wildman–Crippen MR) is 143 cm³/mol. The molecule has 2 aromatic heterocycles. The van der Waals surface area contributed by atoms with E-state index in [9.17, 15) is 22.8 Å². The molecule has 2 aliphatic rings. The number of thiazole rings is 1. The lowest BCUT2D eigenvalue weighted by Gasteiger charge is -2.27. The van der Waals surface area contributed by atoms with Gasteiger partial charge in [0.05, 0.1) is 23.3 Å². The summed E-state index contributed by atoms with van der Waals surface area (Å²) in [5.41, 5.74) is 0.620. The van der Waals surface area contributed by atoms with Crippen LogP contribution in [0.25, 0.3) is 0 Å². The molecule has 10 nitrogen and oxygen atoms in total. The Hall–Kier alpha value is -2.70. The van der Waals surface area contributed by atoms with E-state index in [1.165, 1.54) is 30.0 Å². The van der Waals surface area contributed by atoms with Gasteiger partial charge >= 0.3 is 0 Å². The Morgan fingerprint density at radius 1 is 1.13 bits per heavy atom. The van der Waals surface area contributed by atoms with Crippen molar-refractivity contribution in [3.8, 4) is 0 Å². The lowest BCUT2D eigenvalue weighted by Crippen LogP contribution is -2.53. The van der Waals surface area contributed by atoms with Crippen LogP contribution in [0.1, 0.15) is 71.7 Å². The highest BCUT2D eigenvalue weighted by molar-refractivity contribution is 7.89. The van der Waals surface area contributed by atoms with Gasteiger partial charge in [-0.1, -0.05) is 38.2 Å². The number of aryl methyl sites for hydroxylation is 2. The molecule has 3 heterocycles. The van der Waals surface area contributed by atoms with Crippen LogP contribution >= 0.6 is 11.3 Å². The fourth-order valence-corrected chi connectivity index (χ4v) is 7.41. The third-order valence-corrected chi connectivity index (χ3v) is 10.0. The monoisotopic (exact) mass is 561 g/mol. The van der Waals surface area contributed by atoms with Crippen molar-refractivity contribution in [3.05, 3.63) is 40.0 Å². The van der Waals surface area contributed by atoms with Gasteiger partial charge in [-0.25, -0.2) is 18.4 Å². The van der Waals surface area contributed by atoms with Crippen LogP contribution in [-0.4, -0.2) is 65.5 Å². The number of nitrogens with one attached hydrogen (secondary N) is 2. The average Bonchev–Trinajstić information content (AvgIpc) is 3.13. The number of ketones is 1. The second-order valence-corrected chi connectivity index (χ2v) is 13.2. The third kappa shape index (κ3) is 6.83. The fraction of sp³-hybridized carbons (Fsp3) is 0.577. The normalized spacial score (nSPS) is 20.5. The van der Waals surface area contributed by atoms with Crippen molar-refractivity contribution in [1.29, 1.82) is 0 Å². The number of hydrogen-bond donors (Lipinski definition) is 2. The van der Waals surface area contributed by atoms with Gasteiger partial charge in [0.2, 0.25) is 5.91 Å². The molecule has 2 N–H and O–H groups in total. The molecule has 2 amide bonds. The van der Waals surface area contributed by atoms with Gasteiger partial charge in [-0.3, -0.25) is 14.4 Å². The maximum Gasteiger partial charge on any atom is 0.263 e. The largest absolute Gasteiger partial charge is 0.344 e. The Balaban J connectivity index is 1.46. The standard InChI is InChI=1S/C26H35N5O5S2/c1-17-24(37-18(2)28-17)26(34)30-21(15-19-9-4-3-5-10-19)25(33)29-20-11-8-14-31(16-22(20)32)38(35,36)23-12-6-7-13-27-23/h6-7,12-13,19-21H,3-5,8-11,14-16H2,1-2H3,(H,29,33)(H,30,34)/t20?,21-/m0/s1. The van der Waals surface area contributed by atoms with Crippen molar-refractivity contribution in [3.63, 3.8) is 0 Å². The van der Waals surface area contributed by atoms with Crippen LogP contribution in [0.15, 0.2) is 29.4 Å². The van der Waals surface area contributed by atoms with Crippen molar-refractivity contribution >= 4 is 39.0 Å². The Labute approximate surface area is 227 Å². The number of pyridine rings is 1. The summed E-state index contributed by atoms with van der Waals surface area (Å²) >= 11 is 1.29. The van der Waals surface area contributed by atoms with Gasteiger partial charge in [-0.05, 0) is 51.2 Å². The Morgan fingerprint density at radius 3 is 2.55 bits per heavy atom. The maximum atomic E-state index is 13.5. The van der Waals surface area contributed by atoms with E-state index in [1.54, 1.807) is 19.1 Å². The molecule has 206 valence electrons. The number of hydrogen-bond acceptors (Lipinski definition) is 8. The summed E-state index contributed by atoms with van der Waals surface area (Å²) in [5.74, 6) is -0.828. The van der Waals surface area contributed by atoms with Crippen LogP contribution in [0.3, 0.4) is 0 Å². The number of amides is 2. The molecule has 2 aromatic rings. The SMILES string of the molecule is Cc1nc(C)c(C(=O)N[C@@H](CC2CCCCC2)C(=O)NC2CCCN(S(=O)(=O)c3ccccn3)CC2=O)s1. The number of carbonyl (C=O) groups is 3. The van der Waals surface area contributed by atoms with Crippen molar-refractivity contribution < 1.29 is 22.8 Å². The van der Waals surface area contributed by atoms with Crippen LogP contribution in [0.4, 0.5) is 0 Å². The Morgan fingerprint density at radius 2 is 1.89 bits per heavy atom. The molecule has 1 aliphatic carbocycles. The molecule has 2 fully saturated rings. The number of carbonyl (C=O) groups excluding carboxylic acids is 3. The summed E-state index contributed by atoms with van der Waals surface area (Å²) in [7, 11) is -3.93. The smallest absolute Gasteiger partial charge is 0.263 e. The lowest BCUT2D eigenvalue weighted by molar-refractivity contribution is -0.129. The predicted octanol–water partition coefficient (Wildman–Crippen LogP) is 2.76. The minimum atomic E-state index is -3.93. The third-order valence-electron chi connectivity index (χ3n) is 7.20. The first-order chi connectivity index (χ1) is 18.1. The highest BCUT2D eigenvalue weighted by atomic mass is 32.2. The highest BCUT2D eigenvalue weighted by Crippen LogP contribution is 2.28. The molecule has 4 rings (SSSR count). The minimum Gasteiger partial charge on any atom is -0.344 e. The molecule has 1 aliphatic heterocycles. The summed E-state index contributed by atoms with van der Waals surface area (Å²) in [6, 6.07) is 2.98. The molecule has 38 heavy (non-hydrogen) atoms. The Kier molecular flexibility index (Phi) is 9.27. The van der Waals surface area contributed by atoms with Gasteiger partial charge in [0, 0.05) is 12.7 Å². The molecule has 1 saturated heterocycles. The zero-order valence-electron chi connectivity index (χ0n) is 21.8. The molecular formula is C26H35N5O5S2. The van der Waals surface area contributed by atoms with Crippen LogP contribution in [0.5, 0.6) is 0 Å². The van der Waals surface area contributed by atoms with Gasteiger partial charge in [0.15, 0.2) is 10.8 Å². The van der Waals surface area contributed by atoms with Crippen LogP contribution in [0, 0.1) is 19.8 Å². The molecule has 1 unspecified atom stereocenters. The van der Waals surface area contributed by atoms with Gasteiger partial charge in [0.1, 0.15) is 10.9 Å². The number of aromatic nitrogens is 2. The molecule has 2 atom stereocenters. The molecule has 0 aromatic carbocycles. The van der Waals surface area contributed by atoms with E-state index in [0.717, 1.165) is 35.0 Å². The molecule has 0 radical (unpaired) electrons. The summed E-state index contributed by atoms with van der Waals surface area (Å²) in [6.45, 7) is 3.41. The van der Waals surface area contributed by atoms with Gasteiger partial charge in [-0.2, -0.15) is 4.31 Å². The van der Waals surface area contributed by atoms with Crippen molar-refractivity contribution in [2.45, 2.75) is 82.3 Å². The lowest BCUT2D eigenvalue weighted by atomic mass is 9.84. The molecule has 12 heteroatoms. The van der Waals surface area contributed by atoms with E-state index in [0.29, 0.717) is 35.8 Å². The number of rotatable bonds is 8. The zero-order valence-corrected chi connectivity index (χ0v) is 23.4. The first-order valence-electron chi connectivity index (χ1n) is 13.1. The first kappa shape index (κ1) is 28.3. The van der Waals surface area contributed by atoms with Crippen molar-refractivity contribution in [2.24, 2.45) is 5.92 Å². The highest BCUT2D eigenvalue weighted by Gasteiger charge is 2.35. The van der Waals surface area contributed by atoms with Crippen LogP contribution in [-0.2, 0) is 19.6 Å². The van der Waals surface area contributed by atoms with Gasteiger partial charge in [-0.15, -0.1) is 11.3 Å². The molecular weight excluding hydrogens is 526 g/mol. The summed E-state index contributed by atoms with van der Waals surface area (Å²) in [6.07, 6.45) is 7.98. The van der Waals surface area contributed by atoms with E-state index < -0.39 is 28.0 Å². The quantitative estimate of drug-likeness (QED) is 0.505. The van der Waals surface area contributed by atoms with E-state index in [2.05, 4.69) is 20.6 Å². The molecule has 0 bridgehead atoms.